The quantitative estimate of drug-likeness (QED) is 0.587. The third-order valence-electron chi connectivity index (χ3n) is 5.87. The van der Waals surface area contributed by atoms with Crippen molar-refractivity contribution in [1.82, 2.24) is 9.88 Å². The maximum atomic E-state index is 14.0. The molecule has 1 aliphatic rings. The molecule has 0 aliphatic heterocycles. The van der Waals surface area contributed by atoms with Gasteiger partial charge in [0.2, 0.25) is 5.91 Å². The van der Waals surface area contributed by atoms with Crippen LogP contribution in [0.5, 0.6) is 0 Å². The standard InChI is InChI=1S/C25H27FN2O3/c1-2-31-25(30)16-28-22-11-9-18(26)14-20(22)21-15-19(10-12-23(21)28)27-24(29)13-8-17-6-4-3-5-7-17/h3-7,9,11,14,19H,2,8,10,12-13,15-16H2,1H3,(H,27,29)/t19-/m0/s1. The summed E-state index contributed by atoms with van der Waals surface area (Å²) in [5.74, 6) is -0.584. The van der Waals surface area contributed by atoms with E-state index in [9.17, 15) is 14.0 Å². The molecule has 31 heavy (non-hydrogen) atoms. The first-order chi connectivity index (χ1) is 15.0. The van der Waals surface area contributed by atoms with Crippen LogP contribution in [0.15, 0.2) is 48.5 Å². The van der Waals surface area contributed by atoms with Crippen LogP contribution in [-0.4, -0.2) is 29.1 Å². The first-order valence-electron chi connectivity index (χ1n) is 10.8. The van der Waals surface area contributed by atoms with Crippen LogP contribution in [-0.2, 0) is 40.1 Å². The lowest BCUT2D eigenvalue weighted by Gasteiger charge is -2.25. The van der Waals surface area contributed by atoms with Gasteiger partial charge in [-0.05, 0) is 61.9 Å². The lowest BCUT2D eigenvalue weighted by Crippen LogP contribution is -2.39. The molecule has 1 heterocycles. The lowest BCUT2D eigenvalue weighted by atomic mass is 9.91. The normalized spacial score (nSPS) is 15.5. The second-order valence-electron chi connectivity index (χ2n) is 7.97. The molecule has 1 amide bonds. The first kappa shape index (κ1) is 21.1. The molecule has 0 spiro atoms. The minimum atomic E-state index is -0.308. The third kappa shape index (κ3) is 4.79. The largest absolute Gasteiger partial charge is 0.465 e. The molecular weight excluding hydrogens is 395 g/mol. The van der Waals surface area contributed by atoms with Crippen molar-refractivity contribution in [3.05, 3.63) is 71.2 Å². The van der Waals surface area contributed by atoms with E-state index in [1.807, 2.05) is 34.9 Å². The topological polar surface area (TPSA) is 60.3 Å². The molecular formula is C25H27FN2O3. The van der Waals surface area contributed by atoms with Gasteiger partial charge in [0.15, 0.2) is 0 Å². The number of hydrogen-bond acceptors (Lipinski definition) is 3. The van der Waals surface area contributed by atoms with E-state index in [-0.39, 0.29) is 30.3 Å². The summed E-state index contributed by atoms with van der Waals surface area (Å²) in [6.45, 7) is 2.22. The number of ether oxygens (including phenoxy) is 1. The van der Waals surface area contributed by atoms with Gasteiger partial charge in [0.05, 0.1) is 6.61 Å². The molecule has 162 valence electrons. The number of rotatable bonds is 7. The molecule has 0 bridgehead atoms. The molecule has 2 aromatic carbocycles. The molecule has 0 saturated carbocycles. The van der Waals surface area contributed by atoms with E-state index in [1.54, 1.807) is 13.0 Å². The molecule has 1 aliphatic carbocycles. The van der Waals surface area contributed by atoms with Gasteiger partial charge in [-0.2, -0.15) is 0 Å². The molecule has 0 unspecified atom stereocenters. The van der Waals surface area contributed by atoms with E-state index in [0.29, 0.717) is 32.3 Å². The van der Waals surface area contributed by atoms with E-state index in [1.165, 1.54) is 12.1 Å². The number of hydrogen-bond donors (Lipinski definition) is 1. The Hall–Kier alpha value is -3.15. The highest BCUT2D eigenvalue weighted by Crippen LogP contribution is 2.33. The van der Waals surface area contributed by atoms with Crippen molar-refractivity contribution in [2.45, 2.75) is 51.6 Å². The van der Waals surface area contributed by atoms with Gasteiger partial charge in [-0.1, -0.05) is 30.3 Å². The van der Waals surface area contributed by atoms with Gasteiger partial charge >= 0.3 is 5.97 Å². The second-order valence-corrected chi connectivity index (χ2v) is 7.97. The van der Waals surface area contributed by atoms with E-state index in [2.05, 4.69) is 5.32 Å². The van der Waals surface area contributed by atoms with E-state index >= 15 is 0 Å². The molecule has 5 nitrogen and oxygen atoms in total. The zero-order valence-electron chi connectivity index (χ0n) is 17.7. The monoisotopic (exact) mass is 422 g/mol. The Morgan fingerprint density at radius 2 is 2.00 bits per heavy atom. The highest BCUT2D eigenvalue weighted by molar-refractivity contribution is 5.87. The van der Waals surface area contributed by atoms with Crippen molar-refractivity contribution < 1.29 is 18.7 Å². The predicted molar refractivity (Wildman–Crippen MR) is 117 cm³/mol. The van der Waals surface area contributed by atoms with Crippen molar-refractivity contribution in [2.24, 2.45) is 0 Å². The molecule has 6 heteroatoms. The molecule has 0 radical (unpaired) electrons. The zero-order chi connectivity index (χ0) is 21.8. The molecule has 0 fully saturated rings. The van der Waals surface area contributed by atoms with E-state index in [0.717, 1.165) is 34.1 Å². The van der Waals surface area contributed by atoms with E-state index < -0.39 is 0 Å². The molecule has 1 N–H and O–H groups in total. The third-order valence-corrected chi connectivity index (χ3v) is 5.87. The van der Waals surface area contributed by atoms with Crippen LogP contribution in [0, 0.1) is 5.82 Å². The lowest BCUT2D eigenvalue weighted by molar-refractivity contribution is -0.143. The number of aryl methyl sites for hydroxylation is 1. The summed E-state index contributed by atoms with van der Waals surface area (Å²) in [5.41, 5.74) is 4.01. The fourth-order valence-corrected chi connectivity index (χ4v) is 4.46. The zero-order valence-corrected chi connectivity index (χ0v) is 17.7. The Morgan fingerprint density at radius 1 is 1.19 bits per heavy atom. The number of nitrogens with one attached hydrogen (secondary N) is 1. The highest BCUT2D eigenvalue weighted by Gasteiger charge is 2.27. The van der Waals surface area contributed by atoms with Crippen molar-refractivity contribution in [3.8, 4) is 0 Å². The van der Waals surface area contributed by atoms with Gasteiger partial charge in [-0.3, -0.25) is 9.59 Å². The van der Waals surface area contributed by atoms with Crippen molar-refractivity contribution in [3.63, 3.8) is 0 Å². The first-order valence-corrected chi connectivity index (χ1v) is 10.8. The summed E-state index contributed by atoms with van der Waals surface area (Å²) in [6, 6.07) is 14.6. The minimum absolute atomic E-state index is 0.000633. The van der Waals surface area contributed by atoms with Crippen LogP contribution >= 0.6 is 0 Å². The minimum Gasteiger partial charge on any atom is -0.465 e. The maximum Gasteiger partial charge on any atom is 0.325 e. The van der Waals surface area contributed by atoms with Crippen molar-refractivity contribution in [1.29, 1.82) is 0 Å². The van der Waals surface area contributed by atoms with E-state index in [4.69, 9.17) is 4.74 Å². The fraction of sp³-hybridized carbons (Fsp3) is 0.360. The smallest absolute Gasteiger partial charge is 0.325 e. The summed E-state index contributed by atoms with van der Waals surface area (Å²) in [7, 11) is 0. The number of fused-ring (bicyclic) bond motifs is 3. The summed E-state index contributed by atoms with van der Waals surface area (Å²) >= 11 is 0. The fourth-order valence-electron chi connectivity index (χ4n) is 4.46. The molecule has 0 saturated heterocycles. The van der Waals surface area contributed by atoms with Crippen molar-refractivity contribution >= 4 is 22.8 Å². The summed E-state index contributed by atoms with van der Waals surface area (Å²) in [6.07, 6.45) is 3.27. The molecule has 3 aromatic rings. The average Bonchev–Trinajstić information content (AvgIpc) is 3.05. The van der Waals surface area contributed by atoms with Gasteiger partial charge in [0, 0.05) is 29.1 Å². The number of halogens is 1. The number of carbonyl (C=O) groups is 2. The Bertz CT molecular complexity index is 1090. The number of nitrogens with zero attached hydrogens (tertiary/aromatic N) is 1. The number of esters is 1. The number of amides is 1. The second kappa shape index (κ2) is 9.33. The van der Waals surface area contributed by atoms with Gasteiger partial charge in [-0.25, -0.2) is 4.39 Å². The molecule has 1 atom stereocenters. The average molecular weight is 423 g/mol. The van der Waals surface area contributed by atoms with Crippen LogP contribution in [0.1, 0.15) is 36.6 Å². The Labute approximate surface area is 181 Å². The number of carbonyl (C=O) groups excluding carboxylic acids is 2. The van der Waals surface area contributed by atoms with Crippen LogP contribution in [0.3, 0.4) is 0 Å². The van der Waals surface area contributed by atoms with Gasteiger partial charge in [0.1, 0.15) is 12.4 Å². The highest BCUT2D eigenvalue weighted by atomic mass is 19.1. The number of benzene rings is 2. The number of aromatic nitrogens is 1. The Kier molecular flexibility index (Phi) is 6.35. The van der Waals surface area contributed by atoms with Gasteiger partial charge in [0.25, 0.3) is 0 Å². The molecule has 4 rings (SSSR count). The van der Waals surface area contributed by atoms with Crippen LogP contribution in [0.2, 0.25) is 0 Å². The summed E-state index contributed by atoms with van der Waals surface area (Å²) in [5, 5.41) is 3.95. The van der Waals surface area contributed by atoms with Crippen LogP contribution in [0.4, 0.5) is 4.39 Å². The van der Waals surface area contributed by atoms with Gasteiger partial charge in [-0.15, -0.1) is 0 Å². The van der Waals surface area contributed by atoms with Crippen molar-refractivity contribution in [2.75, 3.05) is 6.61 Å². The molecule has 1 aromatic heterocycles. The van der Waals surface area contributed by atoms with Crippen LogP contribution < -0.4 is 5.32 Å². The maximum absolute atomic E-state index is 14.0. The summed E-state index contributed by atoms with van der Waals surface area (Å²) in [4.78, 5) is 24.6. The van der Waals surface area contributed by atoms with Gasteiger partial charge < -0.3 is 14.6 Å². The van der Waals surface area contributed by atoms with Crippen LogP contribution in [0.25, 0.3) is 10.9 Å². The Morgan fingerprint density at radius 3 is 2.77 bits per heavy atom. The SMILES string of the molecule is CCOC(=O)Cn1c2c(c3cc(F)ccc31)C[C@@H](NC(=O)CCc1ccccc1)CC2. The summed E-state index contributed by atoms with van der Waals surface area (Å²) < 4.78 is 21.1. The Balaban J connectivity index is 1.50. The predicted octanol–water partition coefficient (Wildman–Crippen LogP) is 3.95.